The average Bonchev–Trinajstić information content (AvgIpc) is 3.33. The van der Waals surface area contributed by atoms with Crippen molar-refractivity contribution >= 4 is 50.8 Å². The molecule has 1 aliphatic rings. The predicted molar refractivity (Wildman–Crippen MR) is 149 cm³/mol. The lowest BCUT2D eigenvalue weighted by molar-refractivity contribution is -0.142. The first-order valence-corrected chi connectivity index (χ1v) is 13.6. The fourth-order valence-corrected chi connectivity index (χ4v) is 5.52. The van der Waals surface area contributed by atoms with Crippen LogP contribution in [-0.4, -0.2) is 65.0 Å². The first-order valence-electron chi connectivity index (χ1n) is 12.8. The minimum atomic E-state index is -0.735. The van der Waals surface area contributed by atoms with Crippen LogP contribution >= 0.6 is 11.3 Å². The number of benzene rings is 1. The van der Waals surface area contributed by atoms with Gasteiger partial charge in [0.2, 0.25) is 5.95 Å². The number of nitrogens with zero attached hydrogens (tertiary/aromatic N) is 5. The van der Waals surface area contributed by atoms with E-state index in [1.54, 1.807) is 6.21 Å². The summed E-state index contributed by atoms with van der Waals surface area (Å²) in [5, 5.41) is 19.2. The van der Waals surface area contributed by atoms with Gasteiger partial charge in [-0.2, -0.15) is 0 Å². The lowest BCUT2D eigenvalue weighted by atomic mass is 9.97. The van der Waals surface area contributed by atoms with E-state index in [9.17, 15) is 14.7 Å². The molecule has 0 bridgehead atoms. The summed E-state index contributed by atoms with van der Waals surface area (Å²) in [7, 11) is 1.52. The Kier molecular flexibility index (Phi) is 9.06. The van der Waals surface area contributed by atoms with Gasteiger partial charge < -0.3 is 20.2 Å². The van der Waals surface area contributed by atoms with E-state index in [0.717, 1.165) is 39.0 Å². The number of fused-ring (bicyclic) bond motifs is 1. The van der Waals surface area contributed by atoms with Crippen molar-refractivity contribution in [3.63, 3.8) is 0 Å². The van der Waals surface area contributed by atoms with Gasteiger partial charge in [-0.1, -0.05) is 23.4 Å². The molecule has 3 N–H and O–H groups in total. The van der Waals surface area contributed by atoms with Crippen molar-refractivity contribution in [2.45, 2.75) is 46.0 Å². The van der Waals surface area contributed by atoms with E-state index in [-0.39, 0.29) is 11.9 Å². The van der Waals surface area contributed by atoms with Crippen molar-refractivity contribution in [3.8, 4) is 11.1 Å². The first-order chi connectivity index (χ1) is 18.4. The second-order valence-electron chi connectivity index (χ2n) is 8.98. The Morgan fingerprint density at radius 1 is 1.26 bits per heavy atom. The third kappa shape index (κ3) is 6.36. The SMILES string of the molecule is CCNC(=O)Nc1nc2cc(-c3cnc(N4CCC(C(=O)O)CC4)nc3CC)cc(CC/C=N\OC)c2s1. The highest BCUT2D eigenvalue weighted by atomic mass is 32.1. The van der Waals surface area contributed by atoms with E-state index >= 15 is 0 Å². The van der Waals surface area contributed by atoms with Crippen LogP contribution < -0.4 is 15.5 Å². The minimum Gasteiger partial charge on any atom is -0.481 e. The Bertz CT molecular complexity index is 1320. The van der Waals surface area contributed by atoms with Gasteiger partial charge in [0.25, 0.3) is 0 Å². The summed E-state index contributed by atoms with van der Waals surface area (Å²) in [6, 6.07) is 3.86. The minimum absolute atomic E-state index is 0.287. The van der Waals surface area contributed by atoms with Gasteiger partial charge in [-0.05, 0) is 62.3 Å². The van der Waals surface area contributed by atoms with Crippen LogP contribution in [0.4, 0.5) is 15.9 Å². The van der Waals surface area contributed by atoms with Crippen molar-refractivity contribution in [1.82, 2.24) is 20.3 Å². The van der Waals surface area contributed by atoms with E-state index in [0.29, 0.717) is 56.4 Å². The maximum absolute atomic E-state index is 12.1. The Morgan fingerprint density at radius 3 is 2.74 bits per heavy atom. The molecule has 11 nitrogen and oxygen atoms in total. The van der Waals surface area contributed by atoms with Crippen molar-refractivity contribution < 1.29 is 19.5 Å². The molecule has 3 aromatic rings. The van der Waals surface area contributed by atoms with Crippen LogP contribution in [0.25, 0.3) is 21.3 Å². The van der Waals surface area contributed by atoms with Gasteiger partial charge in [-0.3, -0.25) is 10.1 Å². The number of aryl methyl sites for hydroxylation is 2. The van der Waals surface area contributed by atoms with Crippen LogP contribution in [0.5, 0.6) is 0 Å². The summed E-state index contributed by atoms with van der Waals surface area (Å²) >= 11 is 1.44. The number of hydrogen-bond donors (Lipinski definition) is 3. The zero-order chi connectivity index (χ0) is 27.1. The van der Waals surface area contributed by atoms with Gasteiger partial charge >= 0.3 is 12.0 Å². The molecule has 38 heavy (non-hydrogen) atoms. The van der Waals surface area contributed by atoms with E-state index < -0.39 is 5.97 Å². The van der Waals surface area contributed by atoms with Crippen LogP contribution in [0.3, 0.4) is 0 Å². The van der Waals surface area contributed by atoms with Gasteiger partial charge in [-0.15, -0.1) is 0 Å². The lowest BCUT2D eigenvalue weighted by Crippen LogP contribution is -2.37. The number of aromatic nitrogens is 3. The van der Waals surface area contributed by atoms with Gasteiger partial charge in [0.05, 0.1) is 21.8 Å². The number of carbonyl (C=O) groups is 2. The highest BCUT2D eigenvalue weighted by Crippen LogP contribution is 2.35. The van der Waals surface area contributed by atoms with E-state index in [1.165, 1.54) is 18.4 Å². The molecule has 1 aliphatic heterocycles. The summed E-state index contributed by atoms with van der Waals surface area (Å²) in [4.78, 5) is 44.5. The third-order valence-electron chi connectivity index (χ3n) is 6.48. The second kappa shape index (κ2) is 12.6. The van der Waals surface area contributed by atoms with Crippen LogP contribution in [0, 0.1) is 5.92 Å². The van der Waals surface area contributed by atoms with Crippen LogP contribution in [-0.2, 0) is 22.5 Å². The van der Waals surface area contributed by atoms with Gasteiger partial charge in [0, 0.05) is 37.6 Å². The number of hydrogen-bond acceptors (Lipinski definition) is 9. The monoisotopic (exact) mass is 539 g/mol. The zero-order valence-corrected chi connectivity index (χ0v) is 22.7. The molecule has 1 saturated heterocycles. The summed E-state index contributed by atoms with van der Waals surface area (Å²) < 4.78 is 1.00. The van der Waals surface area contributed by atoms with Crippen molar-refractivity contribution in [2.75, 3.05) is 37.0 Å². The second-order valence-corrected chi connectivity index (χ2v) is 9.98. The smallest absolute Gasteiger partial charge is 0.321 e. The van der Waals surface area contributed by atoms with Gasteiger partial charge in [0.15, 0.2) is 5.13 Å². The summed E-state index contributed by atoms with van der Waals surface area (Å²) in [6.07, 6.45) is 6.88. The number of piperidine rings is 1. The Balaban J connectivity index is 1.66. The largest absolute Gasteiger partial charge is 0.481 e. The standard InChI is InChI=1S/C26H33N7O4S/c1-4-20-19(15-28-24(30-20)33-11-8-16(9-12-33)23(34)35)18-13-17(7-6-10-29-37-3)22-21(14-18)31-26(38-22)32-25(36)27-5-2/h10,13-16H,4-9,11-12H2,1-3H3,(H,34,35)(H2,27,31,32,36)/b29-10-. The number of aliphatic carboxylic acids is 1. The molecule has 202 valence electrons. The highest BCUT2D eigenvalue weighted by Gasteiger charge is 2.26. The number of nitrogens with one attached hydrogen (secondary N) is 2. The maximum Gasteiger partial charge on any atom is 0.321 e. The molecule has 0 atom stereocenters. The summed E-state index contributed by atoms with van der Waals surface area (Å²) in [5.41, 5.74) is 4.68. The van der Waals surface area contributed by atoms with Crippen LogP contribution in [0.15, 0.2) is 23.5 Å². The quantitative estimate of drug-likeness (QED) is 0.255. The molecule has 2 aromatic heterocycles. The summed E-state index contributed by atoms with van der Waals surface area (Å²) in [5.74, 6) is -0.407. The molecule has 4 rings (SSSR count). The number of carboxylic acid groups (broad SMARTS) is 1. The van der Waals surface area contributed by atoms with E-state index in [4.69, 9.17) is 9.82 Å². The molecular formula is C26H33N7O4S. The normalized spacial score (nSPS) is 14.2. The van der Waals surface area contributed by atoms with E-state index in [2.05, 4.69) is 43.6 Å². The van der Waals surface area contributed by atoms with Crippen molar-refractivity contribution in [3.05, 3.63) is 29.6 Å². The number of carbonyl (C=O) groups excluding carboxylic acids is 1. The molecular weight excluding hydrogens is 506 g/mol. The molecule has 12 heteroatoms. The molecule has 0 radical (unpaired) electrons. The molecule has 0 saturated carbocycles. The molecule has 0 unspecified atom stereocenters. The van der Waals surface area contributed by atoms with Gasteiger partial charge in [-0.25, -0.2) is 19.7 Å². The number of rotatable bonds is 10. The first kappa shape index (κ1) is 27.2. The Labute approximate surface area is 225 Å². The maximum atomic E-state index is 12.1. The highest BCUT2D eigenvalue weighted by molar-refractivity contribution is 7.22. The van der Waals surface area contributed by atoms with Gasteiger partial charge in [0.1, 0.15) is 7.11 Å². The zero-order valence-electron chi connectivity index (χ0n) is 21.9. The average molecular weight is 540 g/mol. The molecule has 1 aromatic carbocycles. The molecule has 3 heterocycles. The number of urea groups is 1. The fourth-order valence-electron chi connectivity index (χ4n) is 4.54. The molecule has 1 fully saturated rings. The summed E-state index contributed by atoms with van der Waals surface area (Å²) in [6.45, 7) is 5.70. The lowest BCUT2D eigenvalue weighted by Gasteiger charge is -2.30. The predicted octanol–water partition coefficient (Wildman–Crippen LogP) is 4.32. The number of oxime groups is 1. The van der Waals surface area contributed by atoms with E-state index in [1.807, 2.05) is 19.2 Å². The third-order valence-corrected chi connectivity index (χ3v) is 7.54. The number of amides is 2. The molecule has 0 spiro atoms. The van der Waals surface area contributed by atoms with Crippen molar-refractivity contribution in [2.24, 2.45) is 11.1 Å². The van der Waals surface area contributed by atoms with Crippen molar-refractivity contribution in [1.29, 1.82) is 0 Å². The molecule has 2 amide bonds. The number of thiazole rings is 1. The Hall–Kier alpha value is -3.80. The number of carboxylic acids is 1. The topological polar surface area (TPSA) is 142 Å². The Morgan fingerprint density at radius 2 is 2.05 bits per heavy atom. The van der Waals surface area contributed by atoms with Crippen LogP contribution in [0.2, 0.25) is 0 Å². The number of anilines is 2. The fraction of sp³-hybridized carbons (Fsp3) is 0.462. The van der Waals surface area contributed by atoms with Crippen LogP contribution in [0.1, 0.15) is 44.4 Å². The molecule has 0 aliphatic carbocycles.